The highest BCUT2D eigenvalue weighted by Crippen LogP contribution is 2.15. The zero-order chi connectivity index (χ0) is 11.9. The van der Waals surface area contributed by atoms with Crippen LogP contribution < -0.4 is 10.1 Å². The van der Waals surface area contributed by atoms with Crippen LogP contribution in [-0.2, 0) is 6.54 Å². The molecule has 0 aromatic carbocycles. The minimum absolute atomic E-state index is 0.642. The third kappa shape index (κ3) is 4.46. The Morgan fingerprint density at radius 3 is 3.12 bits per heavy atom. The van der Waals surface area contributed by atoms with Crippen LogP contribution in [-0.4, -0.2) is 18.1 Å². The molecule has 90 valence electrons. The lowest BCUT2D eigenvalue weighted by atomic mass is 10.4. The lowest BCUT2D eigenvalue weighted by Gasteiger charge is -2.06. The van der Waals surface area contributed by atoms with Crippen LogP contribution in [0, 0.1) is 0 Å². The number of rotatable bonds is 6. The first-order chi connectivity index (χ1) is 8.34. The molecule has 0 unspecified atom stereocenters. The Bertz CT molecular complexity index is 448. The molecule has 0 saturated carbocycles. The minimum atomic E-state index is 0.642. The Morgan fingerprint density at radius 2 is 2.35 bits per heavy atom. The van der Waals surface area contributed by atoms with Crippen molar-refractivity contribution >= 4 is 27.3 Å². The number of thiophene rings is 1. The molecular formula is C12H13BrN2OS. The zero-order valence-electron chi connectivity index (χ0n) is 9.23. The van der Waals surface area contributed by atoms with Crippen LogP contribution in [0.15, 0.2) is 40.4 Å². The molecule has 0 spiro atoms. The van der Waals surface area contributed by atoms with Gasteiger partial charge in [0.2, 0.25) is 0 Å². The van der Waals surface area contributed by atoms with Gasteiger partial charge in [-0.25, -0.2) is 0 Å². The van der Waals surface area contributed by atoms with Crippen LogP contribution in [0.25, 0.3) is 0 Å². The van der Waals surface area contributed by atoms with Crippen molar-refractivity contribution in [1.82, 2.24) is 10.3 Å². The van der Waals surface area contributed by atoms with Crippen molar-refractivity contribution in [2.24, 2.45) is 0 Å². The fourth-order valence-electron chi connectivity index (χ4n) is 1.34. The molecule has 0 aliphatic rings. The fourth-order valence-corrected chi connectivity index (χ4v) is 2.36. The van der Waals surface area contributed by atoms with Crippen LogP contribution in [0.5, 0.6) is 5.75 Å². The number of ether oxygens (including phenoxy) is 1. The largest absolute Gasteiger partial charge is 0.491 e. The molecule has 2 heterocycles. The molecule has 0 amide bonds. The molecule has 5 heteroatoms. The quantitative estimate of drug-likeness (QED) is 0.832. The molecule has 0 radical (unpaired) electrons. The van der Waals surface area contributed by atoms with Gasteiger partial charge in [0.1, 0.15) is 12.4 Å². The van der Waals surface area contributed by atoms with E-state index in [9.17, 15) is 0 Å². The highest BCUT2D eigenvalue weighted by atomic mass is 79.9. The summed E-state index contributed by atoms with van der Waals surface area (Å²) >= 11 is 5.11. The molecule has 0 bridgehead atoms. The Labute approximate surface area is 113 Å². The average Bonchev–Trinajstić information content (AvgIpc) is 2.82. The van der Waals surface area contributed by atoms with Crippen LogP contribution >= 0.6 is 27.3 Å². The summed E-state index contributed by atoms with van der Waals surface area (Å²) in [6.45, 7) is 2.37. The van der Waals surface area contributed by atoms with Gasteiger partial charge in [0.15, 0.2) is 0 Å². The summed E-state index contributed by atoms with van der Waals surface area (Å²) in [6.07, 6.45) is 3.45. The van der Waals surface area contributed by atoms with E-state index < -0.39 is 0 Å². The number of pyridine rings is 1. The number of halogens is 1. The summed E-state index contributed by atoms with van der Waals surface area (Å²) < 4.78 is 6.49. The molecule has 3 nitrogen and oxygen atoms in total. The van der Waals surface area contributed by atoms with Crippen molar-refractivity contribution in [1.29, 1.82) is 0 Å². The molecular weight excluding hydrogens is 300 g/mol. The summed E-state index contributed by atoms with van der Waals surface area (Å²) in [5.41, 5.74) is 0. The smallest absolute Gasteiger partial charge is 0.138 e. The van der Waals surface area contributed by atoms with Crippen molar-refractivity contribution in [3.05, 3.63) is 45.3 Å². The van der Waals surface area contributed by atoms with Gasteiger partial charge in [0.05, 0.1) is 6.20 Å². The predicted octanol–water partition coefficient (Wildman–Crippen LogP) is 3.07. The van der Waals surface area contributed by atoms with Gasteiger partial charge in [0, 0.05) is 28.6 Å². The van der Waals surface area contributed by atoms with Crippen molar-refractivity contribution < 1.29 is 4.74 Å². The van der Waals surface area contributed by atoms with Gasteiger partial charge in [0.25, 0.3) is 0 Å². The van der Waals surface area contributed by atoms with Crippen LogP contribution in [0.3, 0.4) is 0 Å². The van der Waals surface area contributed by atoms with Gasteiger partial charge in [-0.2, -0.15) is 0 Å². The molecule has 1 N–H and O–H groups in total. The van der Waals surface area contributed by atoms with Crippen molar-refractivity contribution in [3.8, 4) is 5.75 Å². The number of nitrogens with zero attached hydrogens (tertiary/aromatic N) is 1. The minimum Gasteiger partial charge on any atom is -0.491 e. The Kier molecular flexibility index (Phi) is 4.97. The lowest BCUT2D eigenvalue weighted by Crippen LogP contribution is -2.20. The summed E-state index contributed by atoms with van der Waals surface area (Å²) in [5.74, 6) is 0.789. The van der Waals surface area contributed by atoms with Gasteiger partial charge < -0.3 is 10.1 Å². The average molecular weight is 313 g/mol. The molecule has 0 aliphatic carbocycles. The maximum atomic E-state index is 5.55. The molecule has 0 fully saturated rings. The zero-order valence-corrected chi connectivity index (χ0v) is 11.6. The standard InChI is InChI=1S/C12H13BrN2OS/c13-10-6-11(8-15-7-10)16-4-3-14-9-12-2-1-5-17-12/h1-2,5-8,14H,3-4,9H2. The second-order valence-corrected chi connectivity index (χ2v) is 5.39. The highest BCUT2D eigenvalue weighted by molar-refractivity contribution is 9.10. The molecule has 0 atom stereocenters. The van der Waals surface area contributed by atoms with E-state index in [4.69, 9.17) is 4.74 Å². The SMILES string of the molecule is Brc1cncc(OCCNCc2cccs2)c1. The molecule has 2 aromatic heterocycles. The Hall–Kier alpha value is -0.910. The lowest BCUT2D eigenvalue weighted by molar-refractivity contribution is 0.312. The number of hydrogen-bond acceptors (Lipinski definition) is 4. The molecule has 0 aliphatic heterocycles. The molecule has 17 heavy (non-hydrogen) atoms. The fraction of sp³-hybridized carbons (Fsp3) is 0.250. The molecule has 2 aromatic rings. The second-order valence-electron chi connectivity index (χ2n) is 3.44. The van der Waals surface area contributed by atoms with E-state index in [1.54, 1.807) is 23.7 Å². The number of aromatic nitrogens is 1. The van der Waals surface area contributed by atoms with Gasteiger partial charge in [-0.1, -0.05) is 6.07 Å². The summed E-state index contributed by atoms with van der Waals surface area (Å²) in [7, 11) is 0. The first-order valence-electron chi connectivity index (χ1n) is 5.31. The Balaban J connectivity index is 1.63. The first-order valence-corrected chi connectivity index (χ1v) is 6.98. The van der Waals surface area contributed by atoms with E-state index in [-0.39, 0.29) is 0 Å². The van der Waals surface area contributed by atoms with E-state index in [2.05, 4.69) is 43.7 Å². The number of nitrogens with one attached hydrogen (secondary N) is 1. The van der Waals surface area contributed by atoms with E-state index in [0.29, 0.717) is 6.61 Å². The normalized spacial score (nSPS) is 10.4. The summed E-state index contributed by atoms with van der Waals surface area (Å²) in [5, 5.41) is 5.41. The van der Waals surface area contributed by atoms with Crippen LogP contribution in [0.2, 0.25) is 0 Å². The third-order valence-corrected chi connectivity index (χ3v) is 3.42. The van der Waals surface area contributed by atoms with Crippen LogP contribution in [0.1, 0.15) is 4.88 Å². The summed E-state index contributed by atoms with van der Waals surface area (Å²) in [6, 6.07) is 6.09. The van der Waals surface area contributed by atoms with E-state index in [0.717, 1.165) is 23.3 Å². The van der Waals surface area contributed by atoms with Gasteiger partial charge in [-0.05, 0) is 33.4 Å². The monoisotopic (exact) mass is 312 g/mol. The van der Waals surface area contributed by atoms with Crippen LogP contribution in [0.4, 0.5) is 0 Å². The van der Waals surface area contributed by atoms with Crippen molar-refractivity contribution in [2.45, 2.75) is 6.54 Å². The van der Waals surface area contributed by atoms with E-state index in [1.165, 1.54) is 4.88 Å². The van der Waals surface area contributed by atoms with Gasteiger partial charge >= 0.3 is 0 Å². The van der Waals surface area contributed by atoms with Gasteiger partial charge in [-0.3, -0.25) is 4.98 Å². The predicted molar refractivity (Wildman–Crippen MR) is 73.5 cm³/mol. The van der Waals surface area contributed by atoms with E-state index >= 15 is 0 Å². The maximum Gasteiger partial charge on any atom is 0.138 e. The van der Waals surface area contributed by atoms with Crippen molar-refractivity contribution in [2.75, 3.05) is 13.2 Å². The number of hydrogen-bond donors (Lipinski definition) is 1. The van der Waals surface area contributed by atoms with E-state index in [1.807, 2.05) is 6.07 Å². The third-order valence-electron chi connectivity index (χ3n) is 2.11. The highest BCUT2D eigenvalue weighted by Gasteiger charge is 1.96. The Morgan fingerprint density at radius 1 is 1.41 bits per heavy atom. The second kappa shape index (κ2) is 6.74. The topological polar surface area (TPSA) is 34.1 Å². The maximum absolute atomic E-state index is 5.55. The first kappa shape index (κ1) is 12.5. The van der Waals surface area contributed by atoms with Gasteiger partial charge in [-0.15, -0.1) is 11.3 Å². The van der Waals surface area contributed by atoms with Crippen molar-refractivity contribution in [3.63, 3.8) is 0 Å². The molecule has 2 rings (SSSR count). The summed E-state index contributed by atoms with van der Waals surface area (Å²) in [4.78, 5) is 5.37. The molecule has 0 saturated heterocycles.